The Morgan fingerprint density at radius 3 is 2.67 bits per heavy atom. The molecule has 1 amide bonds. The number of thiophene rings is 1. The van der Waals surface area contributed by atoms with Gasteiger partial charge in [0, 0.05) is 42.0 Å². The molecule has 1 saturated heterocycles. The van der Waals surface area contributed by atoms with E-state index >= 15 is 0 Å². The molecule has 0 saturated carbocycles. The summed E-state index contributed by atoms with van der Waals surface area (Å²) in [6, 6.07) is 7.97. The van der Waals surface area contributed by atoms with E-state index in [0.29, 0.717) is 0 Å². The Balaban J connectivity index is 0.00000130. The number of fused-ring (bicyclic) bond motifs is 1. The third kappa shape index (κ3) is 4.17. The molecule has 0 aromatic carbocycles. The number of rotatable bonds is 4. The van der Waals surface area contributed by atoms with Gasteiger partial charge in [-0.2, -0.15) is 5.10 Å². The lowest BCUT2D eigenvalue weighted by Crippen LogP contribution is -2.26. The lowest BCUT2D eigenvalue weighted by Gasteiger charge is -2.13. The van der Waals surface area contributed by atoms with Gasteiger partial charge in [0.15, 0.2) is 0 Å². The van der Waals surface area contributed by atoms with Crippen LogP contribution < -0.4 is 0 Å². The highest BCUT2D eigenvalue weighted by Crippen LogP contribution is 2.36. The number of aromatic amines is 1. The van der Waals surface area contributed by atoms with Crippen molar-refractivity contribution in [3.8, 4) is 32.4 Å². The minimum Gasteiger partial charge on any atom is -0.338 e. The van der Waals surface area contributed by atoms with Crippen LogP contribution in [0.4, 0.5) is 0 Å². The molecule has 0 atom stereocenters. The van der Waals surface area contributed by atoms with Gasteiger partial charge in [-0.15, -0.1) is 47.5 Å². The summed E-state index contributed by atoms with van der Waals surface area (Å²) in [5.41, 5.74) is 4.76. The maximum Gasteiger partial charge on any atom is 0.263 e. The van der Waals surface area contributed by atoms with Crippen molar-refractivity contribution in [3.05, 3.63) is 59.3 Å². The summed E-state index contributed by atoms with van der Waals surface area (Å²) in [6.07, 6.45) is 9.73. The molecule has 11 heteroatoms. The summed E-state index contributed by atoms with van der Waals surface area (Å²) in [6.45, 7) is 1.71. The predicted octanol–water partition coefficient (Wildman–Crippen LogP) is 5.66. The third-order valence-corrected chi connectivity index (χ3v) is 7.45. The number of halogens is 2. The number of hydrogen-bond donors (Lipinski definition) is 1. The maximum absolute atomic E-state index is 12.7. The summed E-state index contributed by atoms with van der Waals surface area (Å²) >= 11 is 3.10. The van der Waals surface area contributed by atoms with Crippen molar-refractivity contribution in [2.24, 2.45) is 0 Å². The normalized spacial score (nSPS) is 13.2. The molecule has 170 valence electrons. The summed E-state index contributed by atoms with van der Waals surface area (Å²) in [5, 5.41) is 10.3. The van der Waals surface area contributed by atoms with Crippen LogP contribution in [0.1, 0.15) is 22.5 Å². The number of likely N-dealkylation sites (tertiary alicyclic amines) is 1. The predicted molar refractivity (Wildman–Crippen MR) is 137 cm³/mol. The van der Waals surface area contributed by atoms with Gasteiger partial charge in [-0.25, -0.2) is 9.97 Å². The van der Waals surface area contributed by atoms with E-state index < -0.39 is 0 Å². The quantitative estimate of drug-likeness (QED) is 0.333. The summed E-state index contributed by atoms with van der Waals surface area (Å²) < 4.78 is 2.06. The van der Waals surface area contributed by atoms with Crippen molar-refractivity contribution in [2.45, 2.75) is 12.8 Å². The van der Waals surface area contributed by atoms with E-state index in [1.165, 1.54) is 11.3 Å². The first-order valence-corrected chi connectivity index (χ1v) is 11.8. The molecule has 1 aliphatic heterocycles. The number of nitrogens with one attached hydrogen (secondary N) is 1. The van der Waals surface area contributed by atoms with Gasteiger partial charge in [-0.05, 0) is 37.1 Å². The first-order valence-electron chi connectivity index (χ1n) is 10.1. The number of pyridine rings is 1. The average Bonchev–Trinajstić information content (AvgIpc) is 3.62. The number of amides is 1. The van der Waals surface area contributed by atoms with Crippen LogP contribution in [0.3, 0.4) is 0 Å². The second-order valence-electron chi connectivity index (χ2n) is 7.45. The first kappa shape index (κ1) is 23.4. The van der Waals surface area contributed by atoms with Crippen molar-refractivity contribution >= 4 is 59.0 Å². The van der Waals surface area contributed by atoms with E-state index in [1.807, 2.05) is 46.9 Å². The minimum absolute atomic E-state index is 0. The first-order chi connectivity index (χ1) is 15.3. The molecule has 1 aliphatic rings. The lowest BCUT2D eigenvalue weighted by atomic mass is 10.1. The van der Waals surface area contributed by atoms with Crippen LogP contribution in [0.5, 0.6) is 0 Å². The Morgan fingerprint density at radius 1 is 1.03 bits per heavy atom. The Morgan fingerprint density at radius 2 is 1.88 bits per heavy atom. The zero-order valence-corrected chi connectivity index (χ0v) is 20.6. The molecule has 1 N–H and O–H groups in total. The van der Waals surface area contributed by atoms with Crippen molar-refractivity contribution in [2.75, 3.05) is 13.1 Å². The Labute approximate surface area is 210 Å². The Hall–Kier alpha value is -2.72. The molecule has 0 bridgehead atoms. The number of carbonyl (C=O) groups excluding carboxylic acids is 1. The molecule has 0 unspecified atom stereocenters. The molecule has 5 aromatic heterocycles. The van der Waals surface area contributed by atoms with Crippen LogP contribution in [0, 0.1) is 0 Å². The SMILES string of the molecule is Cl.Cl.O=C(c1ccc(-c2[nH]ncc2-c2ccc3ncc(-c4nccs4)n3c2)s1)N1CCCC1. The van der Waals surface area contributed by atoms with E-state index in [1.54, 1.807) is 17.5 Å². The molecule has 7 nitrogen and oxygen atoms in total. The molecule has 6 rings (SSSR count). The van der Waals surface area contributed by atoms with Crippen LogP contribution in [-0.4, -0.2) is 48.5 Å². The molecule has 1 fully saturated rings. The fourth-order valence-corrected chi connectivity index (χ4v) is 5.63. The van der Waals surface area contributed by atoms with Crippen LogP contribution in [0.25, 0.3) is 38.0 Å². The monoisotopic (exact) mass is 518 g/mol. The molecule has 5 aromatic rings. The van der Waals surface area contributed by atoms with Gasteiger partial charge in [0.1, 0.15) is 16.3 Å². The topological polar surface area (TPSA) is 79.2 Å². The van der Waals surface area contributed by atoms with Gasteiger partial charge in [-0.3, -0.25) is 14.3 Å². The zero-order chi connectivity index (χ0) is 20.8. The number of thiazole rings is 1. The smallest absolute Gasteiger partial charge is 0.263 e. The van der Waals surface area contributed by atoms with Crippen molar-refractivity contribution in [1.29, 1.82) is 0 Å². The van der Waals surface area contributed by atoms with Crippen LogP contribution in [0.15, 0.2) is 54.4 Å². The molecule has 0 radical (unpaired) electrons. The van der Waals surface area contributed by atoms with Gasteiger partial charge < -0.3 is 4.90 Å². The molecule has 33 heavy (non-hydrogen) atoms. The van der Waals surface area contributed by atoms with Gasteiger partial charge in [-0.1, -0.05) is 0 Å². The third-order valence-electron chi connectivity index (χ3n) is 5.56. The Bertz CT molecular complexity index is 1390. The second kappa shape index (κ2) is 9.64. The molecular weight excluding hydrogens is 499 g/mol. The highest BCUT2D eigenvalue weighted by Gasteiger charge is 2.22. The van der Waals surface area contributed by atoms with Crippen molar-refractivity contribution in [1.82, 2.24) is 29.5 Å². The molecule has 0 aliphatic carbocycles. The number of imidazole rings is 1. The number of aromatic nitrogens is 5. The Kier molecular flexibility index (Phi) is 6.85. The van der Waals surface area contributed by atoms with E-state index in [4.69, 9.17) is 0 Å². The number of H-pyrrole nitrogens is 1. The fraction of sp³-hybridized carbons (Fsp3) is 0.182. The van der Waals surface area contributed by atoms with Gasteiger partial charge in [0.05, 0.1) is 27.8 Å². The zero-order valence-electron chi connectivity index (χ0n) is 17.3. The standard InChI is InChI=1S/C22H18N6OS2.2ClH/c29-22(27-8-1-2-9-27)18-5-4-17(31-18)20-15(11-25-26-20)14-3-6-19-24-12-16(28(19)13-14)21-23-7-10-30-21;;/h3-7,10-13H,1-2,8-9H2,(H,25,26);2*1H. The highest BCUT2D eigenvalue weighted by atomic mass is 35.5. The van der Waals surface area contributed by atoms with Gasteiger partial charge >= 0.3 is 0 Å². The van der Waals surface area contributed by atoms with Crippen molar-refractivity contribution < 1.29 is 4.79 Å². The highest BCUT2D eigenvalue weighted by molar-refractivity contribution is 7.17. The van der Waals surface area contributed by atoms with E-state index in [9.17, 15) is 4.79 Å². The van der Waals surface area contributed by atoms with Gasteiger partial charge in [0.25, 0.3) is 5.91 Å². The summed E-state index contributed by atoms with van der Waals surface area (Å²) in [4.78, 5) is 25.4. The average molecular weight is 519 g/mol. The number of hydrogen-bond acceptors (Lipinski definition) is 6. The fourth-order valence-electron chi connectivity index (χ4n) is 4.00. The molecular formula is C22H20Cl2N6OS2. The molecule has 0 spiro atoms. The second-order valence-corrected chi connectivity index (χ2v) is 9.43. The van der Waals surface area contributed by atoms with Crippen LogP contribution in [-0.2, 0) is 0 Å². The van der Waals surface area contributed by atoms with Crippen LogP contribution in [0.2, 0.25) is 0 Å². The lowest BCUT2D eigenvalue weighted by molar-refractivity contribution is 0.0797. The number of nitrogens with zero attached hydrogens (tertiary/aromatic N) is 5. The maximum atomic E-state index is 12.7. The van der Waals surface area contributed by atoms with E-state index in [0.717, 1.165) is 68.9 Å². The van der Waals surface area contributed by atoms with E-state index in [2.05, 4.69) is 30.8 Å². The minimum atomic E-state index is 0. The summed E-state index contributed by atoms with van der Waals surface area (Å²) in [5.74, 6) is 0.128. The van der Waals surface area contributed by atoms with Crippen LogP contribution >= 0.6 is 47.5 Å². The van der Waals surface area contributed by atoms with Crippen molar-refractivity contribution in [3.63, 3.8) is 0 Å². The largest absolute Gasteiger partial charge is 0.338 e. The molecule has 6 heterocycles. The van der Waals surface area contributed by atoms with Gasteiger partial charge in [0.2, 0.25) is 0 Å². The number of carbonyl (C=O) groups is 1. The summed E-state index contributed by atoms with van der Waals surface area (Å²) in [7, 11) is 0. The van der Waals surface area contributed by atoms with E-state index in [-0.39, 0.29) is 30.7 Å².